The average molecular weight is 322 g/mol. The van der Waals surface area contributed by atoms with E-state index in [0.717, 1.165) is 12.8 Å². The first-order valence-electron chi connectivity index (χ1n) is 5.15. The Morgan fingerprint density at radius 1 is 1.33 bits per heavy atom. The smallest absolute Gasteiger partial charge is 0.207 e. The Morgan fingerprint density at radius 3 is 2.47 bits per heavy atom. The summed E-state index contributed by atoms with van der Waals surface area (Å²) in [6, 6.07) is 10.1. The first-order valence-corrected chi connectivity index (χ1v) is 6.40. The van der Waals surface area contributed by atoms with Crippen LogP contribution < -0.4 is 0 Å². The van der Waals surface area contributed by atoms with Gasteiger partial charge in [0.2, 0.25) is 0 Å². The molecule has 0 radical (unpaired) electrons. The number of hydrogen-bond donors (Lipinski definition) is 0. The minimum Gasteiger partial charge on any atom is -0.207 e. The van der Waals surface area contributed by atoms with E-state index in [1.807, 2.05) is 18.2 Å². The molecule has 0 aliphatic heterocycles. The molecule has 2 unspecified atom stereocenters. The number of benzene rings is 1. The molecule has 82 valence electrons. The van der Waals surface area contributed by atoms with Crippen LogP contribution in [0.5, 0.6) is 0 Å². The Kier molecular flexibility index (Phi) is 3.28. The summed E-state index contributed by atoms with van der Waals surface area (Å²) in [5, 5.41) is 0. The number of hydrogen-bond acceptors (Lipinski definition) is 0. The Hall–Kier alpha value is -0.190. The van der Waals surface area contributed by atoms with E-state index in [-0.39, 0.29) is 16.3 Å². The van der Waals surface area contributed by atoms with Crippen molar-refractivity contribution in [3.8, 4) is 0 Å². The van der Waals surface area contributed by atoms with Gasteiger partial charge in [-0.2, -0.15) is 0 Å². The molecule has 15 heavy (non-hydrogen) atoms. The summed E-state index contributed by atoms with van der Waals surface area (Å²) >= 11 is 2.17. The van der Waals surface area contributed by atoms with Crippen LogP contribution >= 0.6 is 22.6 Å². The normalized spacial score (nSPS) is 24.9. The van der Waals surface area contributed by atoms with E-state index < -0.39 is 5.92 Å². The van der Waals surface area contributed by atoms with E-state index >= 15 is 0 Å². The lowest BCUT2D eigenvalue weighted by Gasteiger charge is -2.08. The lowest BCUT2D eigenvalue weighted by Crippen LogP contribution is -2.08. The summed E-state index contributed by atoms with van der Waals surface area (Å²) in [6.45, 7) is 0. The fourth-order valence-corrected chi connectivity index (χ4v) is 2.87. The first-order chi connectivity index (χ1) is 7.09. The van der Waals surface area contributed by atoms with E-state index in [4.69, 9.17) is 0 Å². The van der Waals surface area contributed by atoms with Gasteiger partial charge >= 0.3 is 0 Å². The summed E-state index contributed by atoms with van der Waals surface area (Å²) in [7, 11) is 0. The van der Waals surface area contributed by atoms with Crippen molar-refractivity contribution in [2.75, 3.05) is 0 Å². The first kappa shape index (κ1) is 11.3. The van der Waals surface area contributed by atoms with Crippen molar-refractivity contribution in [3.63, 3.8) is 0 Å². The molecule has 1 aliphatic carbocycles. The van der Waals surface area contributed by atoms with E-state index in [9.17, 15) is 8.78 Å². The van der Waals surface area contributed by atoms with E-state index in [0.29, 0.717) is 0 Å². The molecule has 1 aliphatic rings. The number of halogens is 3. The molecular formula is C12H13F2I. The summed E-state index contributed by atoms with van der Waals surface area (Å²) in [5.74, 6) is -2.75. The van der Waals surface area contributed by atoms with Crippen molar-refractivity contribution >= 4 is 22.6 Å². The Balaban J connectivity index is 1.80. The molecule has 3 heteroatoms. The summed E-state index contributed by atoms with van der Waals surface area (Å²) in [5.41, 5.74) is 1.24. The number of alkyl halides is 3. The van der Waals surface area contributed by atoms with Gasteiger partial charge in [0.1, 0.15) is 0 Å². The van der Waals surface area contributed by atoms with Crippen LogP contribution in [-0.4, -0.2) is 9.85 Å². The predicted molar refractivity (Wildman–Crippen MR) is 65.6 cm³/mol. The van der Waals surface area contributed by atoms with E-state index in [1.54, 1.807) is 0 Å². The summed E-state index contributed by atoms with van der Waals surface area (Å²) in [6.07, 6.45) is 1.85. The highest BCUT2D eigenvalue weighted by Crippen LogP contribution is 2.53. The maximum Gasteiger partial charge on any atom is 0.252 e. The van der Waals surface area contributed by atoms with Crippen molar-refractivity contribution in [2.24, 2.45) is 5.92 Å². The monoisotopic (exact) mass is 322 g/mol. The highest BCUT2D eigenvalue weighted by Gasteiger charge is 2.59. The molecule has 0 aromatic heterocycles. The van der Waals surface area contributed by atoms with Crippen LogP contribution in [0.1, 0.15) is 18.4 Å². The van der Waals surface area contributed by atoms with Gasteiger partial charge in [0.25, 0.3) is 5.92 Å². The lowest BCUT2D eigenvalue weighted by molar-refractivity contribution is 0.0988. The van der Waals surface area contributed by atoms with Gasteiger partial charge in [0.05, 0.1) is 0 Å². The molecular weight excluding hydrogens is 309 g/mol. The van der Waals surface area contributed by atoms with Crippen LogP contribution in [0.15, 0.2) is 30.3 Å². The van der Waals surface area contributed by atoms with Crippen molar-refractivity contribution in [2.45, 2.75) is 29.1 Å². The topological polar surface area (TPSA) is 0 Å². The van der Waals surface area contributed by atoms with Crippen LogP contribution in [0.25, 0.3) is 0 Å². The van der Waals surface area contributed by atoms with Gasteiger partial charge in [-0.1, -0.05) is 52.9 Å². The third kappa shape index (κ3) is 2.89. The molecule has 0 N–H and O–H groups in total. The second kappa shape index (κ2) is 4.36. The van der Waals surface area contributed by atoms with Crippen LogP contribution in [-0.2, 0) is 6.42 Å². The van der Waals surface area contributed by atoms with Gasteiger partial charge in [0, 0.05) is 16.3 Å². The predicted octanol–water partition coefficient (Wildman–Crippen LogP) is 4.08. The molecule has 0 spiro atoms. The minimum absolute atomic E-state index is 0.0927. The van der Waals surface area contributed by atoms with E-state index in [2.05, 4.69) is 34.7 Å². The second-order valence-electron chi connectivity index (χ2n) is 4.11. The average Bonchev–Trinajstić information content (AvgIpc) is 2.86. The maximum atomic E-state index is 12.8. The van der Waals surface area contributed by atoms with Crippen molar-refractivity contribution in [3.05, 3.63) is 35.9 Å². The van der Waals surface area contributed by atoms with Gasteiger partial charge in [-0.15, -0.1) is 0 Å². The van der Waals surface area contributed by atoms with Crippen LogP contribution in [0, 0.1) is 5.92 Å². The molecule has 1 saturated carbocycles. The molecule has 1 aromatic carbocycles. The molecule has 0 amide bonds. The molecule has 0 nitrogen and oxygen atoms in total. The fraction of sp³-hybridized carbons (Fsp3) is 0.500. The Morgan fingerprint density at radius 2 is 1.93 bits per heavy atom. The van der Waals surface area contributed by atoms with Crippen molar-refractivity contribution < 1.29 is 8.78 Å². The fourth-order valence-electron chi connectivity index (χ4n) is 1.78. The Labute approximate surface area is 102 Å². The Bertz CT molecular complexity index is 324. The summed E-state index contributed by atoms with van der Waals surface area (Å²) < 4.78 is 25.6. The molecule has 0 saturated heterocycles. The maximum absolute atomic E-state index is 12.8. The van der Waals surface area contributed by atoms with Crippen molar-refractivity contribution in [1.29, 1.82) is 0 Å². The van der Waals surface area contributed by atoms with Crippen LogP contribution in [0.2, 0.25) is 0 Å². The zero-order valence-electron chi connectivity index (χ0n) is 8.30. The van der Waals surface area contributed by atoms with Gasteiger partial charge in [-0.3, -0.25) is 0 Å². The third-order valence-corrected chi connectivity index (χ3v) is 4.35. The zero-order valence-corrected chi connectivity index (χ0v) is 10.5. The second-order valence-corrected chi connectivity index (χ2v) is 5.71. The SMILES string of the molecule is FC1(F)CC1C(I)CCc1ccccc1. The van der Waals surface area contributed by atoms with Gasteiger partial charge in [-0.25, -0.2) is 8.78 Å². The standard InChI is InChI=1S/C12H13F2I/c13-12(14)8-10(12)11(15)7-6-9-4-2-1-3-5-9/h1-5,10-11H,6-8H2. The number of rotatable bonds is 4. The molecule has 0 heterocycles. The molecule has 0 bridgehead atoms. The highest BCUT2D eigenvalue weighted by atomic mass is 127. The van der Waals surface area contributed by atoms with Gasteiger partial charge in [-0.05, 0) is 18.4 Å². The summed E-state index contributed by atoms with van der Waals surface area (Å²) in [4.78, 5) is 0. The van der Waals surface area contributed by atoms with Gasteiger partial charge in [0.15, 0.2) is 0 Å². The highest BCUT2D eigenvalue weighted by molar-refractivity contribution is 14.1. The molecule has 1 fully saturated rings. The minimum atomic E-state index is -2.37. The largest absolute Gasteiger partial charge is 0.252 e. The number of aryl methyl sites for hydroxylation is 1. The van der Waals surface area contributed by atoms with E-state index in [1.165, 1.54) is 5.56 Å². The molecule has 2 atom stereocenters. The molecule has 2 rings (SSSR count). The third-order valence-electron chi connectivity index (χ3n) is 2.86. The zero-order chi connectivity index (χ0) is 10.9. The van der Waals surface area contributed by atoms with Crippen LogP contribution in [0.4, 0.5) is 8.78 Å². The van der Waals surface area contributed by atoms with Crippen LogP contribution in [0.3, 0.4) is 0 Å². The molecule has 1 aromatic rings. The van der Waals surface area contributed by atoms with Gasteiger partial charge < -0.3 is 0 Å². The lowest BCUT2D eigenvalue weighted by atomic mass is 10.1. The quantitative estimate of drug-likeness (QED) is 0.579. The van der Waals surface area contributed by atoms with Crippen molar-refractivity contribution in [1.82, 2.24) is 0 Å².